The van der Waals surface area contributed by atoms with Crippen molar-refractivity contribution < 1.29 is 8.78 Å². The molecule has 6 heteroatoms. The summed E-state index contributed by atoms with van der Waals surface area (Å²) in [5, 5.41) is 3.06. The number of aromatic nitrogens is 2. The molecular formula is C13H12ClF2N3. The summed E-state index contributed by atoms with van der Waals surface area (Å²) in [6.45, 7) is 3.68. The lowest BCUT2D eigenvalue weighted by Crippen LogP contribution is -2.07. The average Bonchev–Trinajstić information content (AvgIpc) is 2.36. The monoisotopic (exact) mass is 283 g/mol. The molecule has 19 heavy (non-hydrogen) atoms. The topological polar surface area (TPSA) is 37.8 Å². The molecule has 2 aromatic rings. The van der Waals surface area contributed by atoms with Gasteiger partial charge < -0.3 is 5.32 Å². The summed E-state index contributed by atoms with van der Waals surface area (Å²) < 4.78 is 26.5. The summed E-state index contributed by atoms with van der Waals surface area (Å²) >= 11 is 5.93. The molecule has 0 aliphatic heterocycles. The van der Waals surface area contributed by atoms with Crippen molar-refractivity contribution >= 4 is 17.4 Å². The molecule has 0 aliphatic carbocycles. The molecule has 1 aromatic heterocycles. The van der Waals surface area contributed by atoms with E-state index in [2.05, 4.69) is 15.3 Å². The zero-order valence-corrected chi connectivity index (χ0v) is 11.2. The van der Waals surface area contributed by atoms with E-state index in [0.717, 1.165) is 29.6 Å². The fraction of sp³-hybridized carbons (Fsp3) is 0.231. The Hall–Kier alpha value is -1.75. The number of nitrogens with one attached hydrogen (secondary N) is 1. The van der Waals surface area contributed by atoms with Crippen molar-refractivity contribution in [1.82, 2.24) is 9.97 Å². The van der Waals surface area contributed by atoms with E-state index in [1.165, 1.54) is 0 Å². The molecule has 0 fully saturated rings. The van der Waals surface area contributed by atoms with Crippen LogP contribution in [-0.2, 0) is 6.54 Å². The molecule has 0 unspecified atom stereocenters. The Morgan fingerprint density at radius 2 is 1.84 bits per heavy atom. The van der Waals surface area contributed by atoms with Gasteiger partial charge in [0.1, 0.15) is 11.6 Å². The summed E-state index contributed by atoms with van der Waals surface area (Å²) in [6.07, 6.45) is 0. The molecule has 0 amide bonds. The van der Waals surface area contributed by atoms with Gasteiger partial charge in [-0.2, -0.15) is 0 Å². The quantitative estimate of drug-likeness (QED) is 0.934. The van der Waals surface area contributed by atoms with Crippen molar-refractivity contribution in [1.29, 1.82) is 0 Å². The van der Waals surface area contributed by atoms with Gasteiger partial charge in [-0.25, -0.2) is 18.7 Å². The summed E-state index contributed by atoms with van der Waals surface area (Å²) in [4.78, 5) is 8.32. The average molecular weight is 284 g/mol. The van der Waals surface area contributed by atoms with Gasteiger partial charge in [-0.3, -0.25) is 0 Å². The molecule has 3 nitrogen and oxygen atoms in total. The van der Waals surface area contributed by atoms with Gasteiger partial charge in [0.05, 0.1) is 11.4 Å². The van der Waals surface area contributed by atoms with Crippen molar-refractivity contribution in [3.8, 4) is 0 Å². The first kappa shape index (κ1) is 13.7. The second-order valence-electron chi connectivity index (χ2n) is 4.12. The van der Waals surface area contributed by atoms with Crippen LogP contribution in [0, 0.1) is 25.5 Å². The molecule has 0 saturated carbocycles. The fourth-order valence-corrected chi connectivity index (χ4v) is 1.78. The van der Waals surface area contributed by atoms with Crippen molar-refractivity contribution in [2.24, 2.45) is 0 Å². The number of aryl methyl sites for hydroxylation is 2. The molecule has 0 radical (unpaired) electrons. The number of nitrogens with zero attached hydrogens (tertiary/aromatic N) is 2. The van der Waals surface area contributed by atoms with E-state index in [4.69, 9.17) is 11.6 Å². The highest BCUT2D eigenvalue weighted by Crippen LogP contribution is 2.20. The molecule has 2 rings (SSSR count). The normalized spacial score (nSPS) is 10.6. The maximum Gasteiger partial charge on any atom is 0.171 e. The van der Waals surface area contributed by atoms with Gasteiger partial charge in [0.25, 0.3) is 0 Å². The van der Waals surface area contributed by atoms with Crippen LogP contribution in [0.25, 0.3) is 0 Å². The van der Waals surface area contributed by atoms with Crippen molar-refractivity contribution in [2.45, 2.75) is 20.4 Å². The van der Waals surface area contributed by atoms with E-state index in [0.29, 0.717) is 5.82 Å². The zero-order valence-electron chi connectivity index (χ0n) is 10.5. The smallest absolute Gasteiger partial charge is 0.171 e. The maximum atomic E-state index is 13.4. The highest BCUT2D eigenvalue weighted by atomic mass is 35.5. The Morgan fingerprint density at radius 1 is 1.16 bits per heavy atom. The molecule has 0 saturated heterocycles. The van der Waals surface area contributed by atoms with Gasteiger partial charge in [0, 0.05) is 12.1 Å². The van der Waals surface area contributed by atoms with E-state index in [9.17, 15) is 8.78 Å². The minimum atomic E-state index is -0.490. The standard InChI is InChI=1S/C13H12ClF2N3/c1-7-8(2)19-13(12(14)18-7)17-6-9-5-10(15)3-4-11(9)16/h3-5H,6H2,1-2H3,(H,17,19). The largest absolute Gasteiger partial charge is 0.363 e. The molecule has 100 valence electrons. The number of hydrogen-bond donors (Lipinski definition) is 1. The minimum absolute atomic E-state index is 0.0838. The second kappa shape index (κ2) is 5.48. The third kappa shape index (κ3) is 3.17. The molecule has 1 heterocycles. The Labute approximate surface area is 114 Å². The van der Waals surface area contributed by atoms with Crippen LogP contribution in [0.1, 0.15) is 17.0 Å². The number of halogens is 3. The zero-order chi connectivity index (χ0) is 14.0. The van der Waals surface area contributed by atoms with Crippen LogP contribution in [0.3, 0.4) is 0 Å². The van der Waals surface area contributed by atoms with Crippen LogP contribution in [0.15, 0.2) is 18.2 Å². The van der Waals surface area contributed by atoms with Crippen molar-refractivity contribution in [3.05, 3.63) is 51.9 Å². The Morgan fingerprint density at radius 3 is 2.58 bits per heavy atom. The lowest BCUT2D eigenvalue weighted by atomic mass is 10.2. The van der Waals surface area contributed by atoms with E-state index >= 15 is 0 Å². The van der Waals surface area contributed by atoms with Gasteiger partial charge in [-0.15, -0.1) is 0 Å². The molecule has 0 bridgehead atoms. The summed E-state index contributed by atoms with van der Waals surface area (Å²) in [5.74, 6) is -0.620. The fourth-order valence-electron chi connectivity index (χ4n) is 1.55. The highest BCUT2D eigenvalue weighted by molar-refractivity contribution is 6.31. The van der Waals surface area contributed by atoms with Crippen molar-refractivity contribution in [3.63, 3.8) is 0 Å². The van der Waals surface area contributed by atoms with E-state index < -0.39 is 11.6 Å². The maximum absolute atomic E-state index is 13.4. The Bertz CT molecular complexity index is 617. The summed E-state index contributed by atoms with van der Waals surface area (Å²) in [5.41, 5.74) is 1.66. The van der Waals surface area contributed by atoms with Gasteiger partial charge in [-0.1, -0.05) is 11.6 Å². The number of benzene rings is 1. The molecule has 0 atom stereocenters. The highest BCUT2D eigenvalue weighted by Gasteiger charge is 2.09. The molecular weight excluding hydrogens is 272 g/mol. The SMILES string of the molecule is Cc1nc(Cl)c(NCc2cc(F)ccc2F)nc1C. The van der Waals surface area contributed by atoms with Gasteiger partial charge >= 0.3 is 0 Å². The molecule has 0 aliphatic rings. The van der Waals surface area contributed by atoms with Crippen LogP contribution in [-0.4, -0.2) is 9.97 Å². The van der Waals surface area contributed by atoms with Crippen LogP contribution >= 0.6 is 11.6 Å². The van der Waals surface area contributed by atoms with E-state index in [1.807, 2.05) is 0 Å². The Kier molecular flexibility index (Phi) is 3.95. The van der Waals surface area contributed by atoms with Gasteiger partial charge in [0.2, 0.25) is 0 Å². The first-order chi connectivity index (χ1) is 8.97. The van der Waals surface area contributed by atoms with E-state index in [-0.39, 0.29) is 17.3 Å². The first-order valence-corrected chi connectivity index (χ1v) is 6.03. The molecule has 1 N–H and O–H groups in total. The van der Waals surface area contributed by atoms with Crippen LogP contribution in [0.5, 0.6) is 0 Å². The third-order valence-electron chi connectivity index (χ3n) is 2.72. The number of anilines is 1. The lowest BCUT2D eigenvalue weighted by molar-refractivity contribution is 0.587. The Balaban J connectivity index is 2.19. The third-order valence-corrected chi connectivity index (χ3v) is 2.98. The molecule has 1 aromatic carbocycles. The summed E-state index contributed by atoms with van der Waals surface area (Å²) in [6, 6.07) is 3.28. The second-order valence-corrected chi connectivity index (χ2v) is 4.48. The van der Waals surface area contributed by atoms with Crippen LogP contribution in [0.4, 0.5) is 14.6 Å². The van der Waals surface area contributed by atoms with Crippen LogP contribution in [0.2, 0.25) is 5.15 Å². The van der Waals surface area contributed by atoms with Crippen molar-refractivity contribution in [2.75, 3.05) is 5.32 Å². The number of rotatable bonds is 3. The van der Waals surface area contributed by atoms with Gasteiger partial charge in [-0.05, 0) is 32.0 Å². The van der Waals surface area contributed by atoms with Crippen LogP contribution < -0.4 is 5.32 Å². The predicted molar refractivity (Wildman–Crippen MR) is 70.2 cm³/mol. The molecule has 0 spiro atoms. The van der Waals surface area contributed by atoms with E-state index in [1.54, 1.807) is 13.8 Å². The lowest BCUT2D eigenvalue weighted by Gasteiger charge is -2.10. The minimum Gasteiger partial charge on any atom is -0.363 e. The number of hydrogen-bond acceptors (Lipinski definition) is 3. The predicted octanol–water partition coefficient (Wildman–Crippen LogP) is 3.64. The summed E-state index contributed by atoms with van der Waals surface area (Å²) in [7, 11) is 0. The van der Waals surface area contributed by atoms with Gasteiger partial charge in [0.15, 0.2) is 11.0 Å². The first-order valence-electron chi connectivity index (χ1n) is 5.66.